The van der Waals surface area contributed by atoms with Gasteiger partial charge in [-0.05, 0) is 42.9 Å². The molecular weight excluding hydrogens is 300 g/mol. The van der Waals surface area contributed by atoms with Crippen LogP contribution in [0, 0.1) is 23.7 Å². The van der Waals surface area contributed by atoms with Crippen molar-refractivity contribution in [3.05, 3.63) is 0 Å². The lowest BCUT2D eigenvalue weighted by molar-refractivity contribution is 0.223. The number of rotatable bonds is 18. The third kappa shape index (κ3) is 12.9. The Morgan fingerprint density at radius 1 is 0.400 bits per heavy atom. The summed E-state index contributed by atoms with van der Waals surface area (Å²) in [6.07, 6.45) is 21.6. The summed E-state index contributed by atoms with van der Waals surface area (Å²) in [5, 5.41) is 0. The number of hydrogen-bond donors (Lipinski definition) is 0. The standard InChI is InChI=1S/C25H52/c1-7-13-16-22(10-4)19-25(20-23(11-5)17-14-8-2)21-24(12-6)18-15-9-3/h22-25H,7-21H2,1-6H3. The van der Waals surface area contributed by atoms with Gasteiger partial charge in [-0.1, -0.05) is 119 Å². The summed E-state index contributed by atoms with van der Waals surface area (Å²) in [4.78, 5) is 0. The van der Waals surface area contributed by atoms with Crippen LogP contribution < -0.4 is 0 Å². The van der Waals surface area contributed by atoms with E-state index >= 15 is 0 Å². The number of unbranched alkanes of at least 4 members (excludes halogenated alkanes) is 3. The zero-order valence-electron chi connectivity index (χ0n) is 18.9. The van der Waals surface area contributed by atoms with Gasteiger partial charge < -0.3 is 0 Å². The number of hydrogen-bond acceptors (Lipinski definition) is 0. The molecule has 0 saturated carbocycles. The van der Waals surface area contributed by atoms with E-state index in [2.05, 4.69) is 41.5 Å². The summed E-state index contributed by atoms with van der Waals surface area (Å²) in [7, 11) is 0. The van der Waals surface area contributed by atoms with Gasteiger partial charge in [-0.3, -0.25) is 0 Å². The van der Waals surface area contributed by atoms with Crippen molar-refractivity contribution < 1.29 is 0 Å². The van der Waals surface area contributed by atoms with Gasteiger partial charge in [-0.15, -0.1) is 0 Å². The third-order valence-corrected chi connectivity index (χ3v) is 6.63. The predicted molar refractivity (Wildman–Crippen MR) is 117 cm³/mol. The van der Waals surface area contributed by atoms with Crippen molar-refractivity contribution in [1.82, 2.24) is 0 Å². The van der Waals surface area contributed by atoms with Crippen molar-refractivity contribution in [3.8, 4) is 0 Å². The molecule has 152 valence electrons. The van der Waals surface area contributed by atoms with E-state index in [1.165, 1.54) is 96.3 Å². The zero-order valence-corrected chi connectivity index (χ0v) is 18.9. The molecule has 3 atom stereocenters. The molecule has 25 heavy (non-hydrogen) atoms. The minimum atomic E-state index is 0.984. The molecule has 3 unspecified atom stereocenters. The second kappa shape index (κ2) is 17.4. The van der Waals surface area contributed by atoms with E-state index < -0.39 is 0 Å². The van der Waals surface area contributed by atoms with Crippen LogP contribution in [0.2, 0.25) is 0 Å². The first-order chi connectivity index (χ1) is 12.1. The van der Waals surface area contributed by atoms with Gasteiger partial charge in [-0.2, -0.15) is 0 Å². The Hall–Kier alpha value is 0. The second-order valence-electron chi connectivity index (χ2n) is 8.82. The monoisotopic (exact) mass is 352 g/mol. The van der Waals surface area contributed by atoms with Gasteiger partial charge in [0.1, 0.15) is 0 Å². The van der Waals surface area contributed by atoms with Crippen LogP contribution in [0.1, 0.15) is 138 Å². The summed E-state index contributed by atoms with van der Waals surface area (Å²) in [6.45, 7) is 14.3. The van der Waals surface area contributed by atoms with E-state index in [4.69, 9.17) is 0 Å². The van der Waals surface area contributed by atoms with Crippen LogP contribution >= 0.6 is 0 Å². The second-order valence-corrected chi connectivity index (χ2v) is 8.82. The summed E-state index contributed by atoms with van der Waals surface area (Å²) in [5.41, 5.74) is 0. The molecule has 0 aromatic heterocycles. The van der Waals surface area contributed by atoms with E-state index in [1.54, 1.807) is 0 Å². The molecular formula is C25H52. The first-order valence-electron chi connectivity index (χ1n) is 12.1. The molecule has 0 aromatic rings. The quantitative estimate of drug-likeness (QED) is 0.230. The first-order valence-corrected chi connectivity index (χ1v) is 12.1. The van der Waals surface area contributed by atoms with Crippen molar-refractivity contribution in [3.63, 3.8) is 0 Å². The fraction of sp³-hybridized carbons (Fsp3) is 1.00. The molecule has 0 fully saturated rings. The molecule has 0 aliphatic carbocycles. The largest absolute Gasteiger partial charge is 0.0654 e. The Labute approximate surface area is 161 Å². The van der Waals surface area contributed by atoms with Crippen molar-refractivity contribution in [2.24, 2.45) is 23.7 Å². The van der Waals surface area contributed by atoms with Crippen LogP contribution in [0.4, 0.5) is 0 Å². The van der Waals surface area contributed by atoms with Crippen LogP contribution in [0.15, 0.2) is 0 Å². The maximum absolute atomic E-state index is 2.43. The van der Waals surface area contributed by atoms with Gasteiger partial charge in [0.15, 0.2) is 0 Å². The minimum Gasteiger partial charge on any atom is -0.0654 e. The molecule has 0 spiro atoms. The van der Waals surface area contributed by atoms with Gasteiger partial charge in [0.05, 0.1) is 0 Å². The van der Waals surface area contributed by atoms with E-state index in [0.29, 0.717) is 0 Å². The lowest BCUT2D eigenvalue weighted by atomic mass is 9.76. The average molecular weight is 353 g/mol. The van der Waals surface area contributed by atoms with Gasteiger partial charge in [0.2, 0.25) is 0 Å². The highest BCUT2D eigenvalue weighted by atomic mass is 14.3. The average Bonchev–Trinajstić information content (AvgIpc) is 2.64. The van der Waals surface area contributed by atoms with Crippen LogP contribution in [-0.4, -0.2) is 0 Å². The van der Waals surface area contributed by atoms with E-state index in [0.717, 1.165) is 23.7 Å². The Balaban J connectivity index is 4.80. The normalized spacial score (nSPS) is 16.6. The maximum atomic E-state index is 2.43. The van der Waals surface area contributed by atoms with Crippen LogP contribution in [0.25, 0.3) is 0 Å². The molecule has 0 bridgehead atoms. The molecule has 0 aliphatic rings. The van der Waals surface area contributed by atoms with E-state index in [-0.39, 0.29) is 0 Å². The Bertz CT molecular complexity index is 214. The minimum absolute atomic E-state index is 0.984. The Morgan fingerprint density at radius 2 is 0.680 bits per heavy atom. The van der Waals surface area contributed by atoms with Crippen LogP contribution in [0.5, 0.6) is 0 Å². The molecule has 0 aromatic carbocycles. The molecule has 0 amide bonds. The fourth-order valence-electron chi connectivity index (χ4n) is 4.65. The molecule has 0 rings (SSSR count). The highest BCUT2D eigenvalue weighted by molar-refractivity contribution is 4.74. The highest BCUT2D eigenvalue weighted by Gasteiger charge is 2.22. The van der Waals surface area contributed by atoms with Gasteiger partial charge in [0, 0.05) is 0 Å². The topological polar surface area (TPSA) is 0 Å². The summed E-state index contributed by atoms with van der Waals surface area (Å²) in [6, 6.07) is 0. The molecule has 0 aliphatic heterocycles. The first kappa shape index (κ1) is 25.0. The van der Waals surface area contributed by atoms with E-state index in [9.17, 15) is 0 Å². The van der Waals surface area contributed by atoms with Gasteiger partial charge in [-0.25, -0.2) is 0 Å². The van der Waals surface area contributed by atoms with E-state index in [1.807, 2.05) is 0 Å². The summed E-state index contributed by atoms with van der Waals surface area (Å²) >= 11 is 0. The smallest absolute Gasteiger partial charge is 0.0406 e. The zero-order chi connectivity index (χ0) is 18.9. The third-order valence-electron chi connectivity index (χ3n) is 6.63. The van der Waals surface area contributed by atoms with Gasteiger partial charge >= 0.3 is 0 Å². The Morgan fingerprint density at radius 3 is 0.880 bits per heavy atom. The lowest BCUT2D eigenvalue weighted by Gasteiger charge is -2.29. The maximum Gasteiger partial charge on any atom is -0.0406 e. The van der Waals surface area contributed by atoms with Crippen molar-refractivity contribution >= 4 is 0 Å². The summed E-state index contributed by atoms with van der Waals surface area (Å²) < 4.78 is 0. The summed E-state index contributed by atoms with van der Waals surface area (Å²) in [5.74, 6) is 3.94. The predicted octanol–water partition coefficient (Wildman–Crippen LogP) is 9.42. The SMILES string of the molecule is CCCCC(CC)CC(CC(CC)CCCC)CC(CC)CCCC. The van der Waals surface area contributed by atoms with Crippen molar-refractivity contribution in [2.75, 3.05) is 0 Å². The van der Waals surface area contributed by atoms with Crippen LogP contribution in [-0.2, 0) is 0 Å². The lowest BCUT2D eigenvalue weighted by Crippen LogP contribution is -2.17. The highest BCUT2D eigenvalue weighted by Crippen LogP contribution is 2.34. The fourth-order valence-corrected chi connectivity index (χ4v) is 4.65. The Kier molecular flexibility index (Phi) is 17.4. The van der Waals surface area contributed by atoms with Gasteiger partial charge in [0.25, 0.3) is 0 Å². The van der Waals surface area contributed by atoms with Crippen molar-refractivity contribution in [1.29, 1.82) is 0 Å². The van der Waals surface area contributed by atoms with Crippen molar-refractivity contribution in [2.45, 2.75) is 138 Å². The molecule has 0 radical (unpaired) electrons. The molecule has 0 N–H and O–H groups in total. The molecule has 0 nitrogen and oxygen atoms in total. The van der Waals surface area contributed by atoms with Crippen LogP contribution in [0.3, 0.4) is 0 Å². The molecule has 0 heterocycles. The molecule has 0 heteroatoms. The molecule has 0 saturated heterocycles.